The second-order valence-electron chi connectivity index (χ2n) is 33.6. The van der Waals surface area contributed by atoms with Crippen LogP contribution in [0, 0.1) is 0 Å². The van der Waals surface area contributed by atoms with Gasteiger partial charge in [0.05, 0.1) is 0 Å². The van der Waals surface area contributed by atoms with E-state index in [0.29, 0.717) is 0 Å². The van der Waals surface area contributed by atoms with E-state index in [1.54, 1.807) is 0 Å². The van der Waals surface area contributed by atoms with Gasteiger partial charge in [-0.15, -0.1) is 0 Å². The Morgan fingerprint density at radius 2 is 0.303 bits per heavy atom. The first-order valence-electron chi connectivity index (χ1n) is 42.1. The van der Waals surface area contributed by atoms with Crippen LogP contribution >= 0.6 is 0 Å². The van der Waals surface area contributed by atoms with Crippen LogP contribution in [0.25, 0.3) is 100 Å². The Bertz CT molecular complexity index is 6560. The molecule has 0 aliphatic carbocycles. The van der Waals surface area contributed by atoms with Gasteiger partial charge in [-0.1, -0.05) is 345 Å². The molecule has 0 radical (unpaired) electrons. The molecule has 0 atom stereocenters. The van der Waals surface area contributed by atoms with Gasteiger partial charge >= 0.3 is 0 Å². The van der Waals surface area contributed by atoms with Gasteiger partial charge in [-0.25, -0.2) is 0 Å². The fourth-order valence-corrected chi connectivity index (χ4v) is 18.1. The topological polar surface area (TPSA) is 34.2 Å². The van der Waals surface area contributed by atoms with Gasteiger partial charge in [0.1, 0.15) is 34.5 Å². The molecule has 0 N–H and O–H groups in total. The van der Waals surface area contributed by atoms with Gasteiger partial charge in [-0.3, -0.25) is 0 Å². The summed E-state index contributed by atoms with van der Waals surface area (Å²) < 4.78 is 19.1. The van der Waals surface area contributed by atoms with Crippen molar-refractivity contribution in [2.75, 3.05) is 9.80 Å². The Labute approximate surface area is 716 Å². The third-order valence-corrected chi connectivity index (χ3v) is 25.0. The molecule has 18 aromatic rings. The molecule has 0 bridgehead atoms. The molecule has 18 aromatic carbocycles. The molecule has 0 saturated carbocycles. The maximum absolute atomic E-state index is 6.39. The van der Waals surface area contributed by atoms with E-state index in [-0.39, 0.29) is 16.2 Å². The van der Waals surface area contributed by atoms with Crippen molar-refractivity contribution in [3.05, 3.63) is 470 Å². The van der Waals surface area contributed by atoms with E-state index in [9.17, 15) is 0 Å². The van der Waals surface area contributed by atoms with Crippen molar-refractivity contribution in [3.8, 4) is 135 Å². The molecule has 3 aliphatic heterocycles. The molecule has 0 unspecified atom stereocenters. The smallest absolute Gasteiger partial charge is 0.131 e. The second-order valence-corrected chi connectivity index (χ2v) is 33.6. The lowest BCUT2D eigenvalue weighted by Gasteiger charge is -2.34. The summed E-state index contributed by atoms with van der Waals surface area (Å²) in [5.74, 6) is 5.56. The lowest BCUT2D eigenvalue weighted by Crippen LogP contribution is -2.24. The third-order valence-electron chi connectivity index (χ3n) is 25.0. The van der Waals surface area contributed by atoms with Crippen LogP contribution in [0.1, 0.15) is 74.9 Å². The summed E-state index contributed by atoms with van der Waals surface area (Å²) in [6.07, 6.45) is 0. The largest absolute Gasteiger partial charge is 0.457 e. The molecule has 0 spiro atoms. The van der Waals surface area contributed by atoms with Crippen LogP contribution in [-0.2, 0) is 16.2 Å². The van der Waals surface area contributed by atoms with Crippen molar-refractivity contribution in [2.24, 2.45) is 0 Å². The SMILES string of the molecule is CC1(C)c2ccccc2Oc2ccc(-c3ccc(N(c4ccc(-c5ccc(-c6ccccc6)cc5)cc4)c4ccc(-c5ccc(-c6ccccc6)cc5)cc4)cc3)cc21.CC1(C)c2ccccc2Oc2ccc(-c3ccc(N(c4ccc(-c5cccc(-c6ccccc6)c5)cc4)c4ccc(-c5ccc6c(c5)C(C)(C)c5ccccc5O6)cc4)cc3)cc21. The zero-order chi connectivity index (χ0) is 82.5. The molecule has 0 fully saturated rings. The molecule has 5 heteroatoms. The highest BCUT2D eigenvalue weighted by atomic mass is 16.5. The average molecular weight is 1570 g/mol. The molecule has 586 valence electrons. The van der Waals surface area contributed by atoms with Crippen LogP contribution < -0.4 is 24.0 Å². The van der Waals surface area contributed by atoms with Crippen LogP contribution in [0.15, 0.2) is 437 Å². The zero-order valence-corrected chi connectivity index (χ0v) is 69.2. The summed E-state index contributed by atoms with van der Waals surface area (Å²) >= 11 is 0. The lowest BCUT2D eigenvalue weighted by molar-refractivity contribution is 0.418. The second kappa shape index (κ2) is 31.7. The predicted molar refractivity (Wildman–Crippen MR) is 507 cm³/mol. The first-order valence-corrected chi connectivity index (χ1v) is 42.1. The molecular formula is C117H90N2O3. The normalized spacial score (nSPS) is 13.2. The number of rotatable bonds is 15. The molecule has 5 nitrogen and oxygen atoms in total. The average Bonchev–Trinajstić information content (AvgIpc) is 0.741. The first-order chi connectivity index (χ1) is 59.7. The highest BCUT2D eigenvalue weighted by Crippen LogP contribution is 2.53. The Morgan fingerprint density at radius 1 is 0.139 bits per heavy atom. The van der Waals surface area contributed by atoms with E-state index >= 15 is 0 Å². The van der Waals surface area contributed by atoms with Gasteiger partial charge < -0.3 is 24.0 Å². The van der Waals surface area contributed by atoms with Crippen LogP contribution in [0.4, 0.5) is 34.1 Å². The van der Waals surface area contributed by atoms with E-state index in [0.717, 1.165) is 96.4 Å². The Morgan fingerprint density at radius 3 is 0.549 bits per heavy atom. The van der Waals surface area contributed by atoms with E-state index in [1.165, 1.54) is 106 Å². The Balaban J connectivity index is 0.000000156. The van der Waals surface area contributed by atoms with Gasteiger partial charge in [0.2, 0.25) is 0 Å². The fourth-order valence-electron chi connectivity index (χ4n) is 18.1. The van der Waals surface area contributed by atoms with Gasteiger partial charge in [-0.2, -0.15) is 0 Å². The summed E-state index contributed by atoms with van der Waals surface area (Å²) in [7, 11) is 0. The Hall–Kier alpha value is -15.0. The quantitative estimate of drug-likeness (QED) is 0.102. The van der Waals surface area contributed by atoms with E-state index in [4.69, 9.17) is 14.2 Å². The number of ether oxygens (including phenoxy) is 3. The van der Waals surface area contributed by atoms with Crippen molar-refractivity contribution in [1.82, 2.24) is 0 Å². The summed E-state index contributed by atoms with van der Waals surface area (Å²) in [6.45, 7) is 13.7. The zero-order valence-electron chi connectivity index (χ0n) is 69.2. The number of para-hydroxylation sites is 3. The summed E-state index contributed by atoms with van der Waals surface area (Å²) in [5, 5.41) is 0. The van der Waals surface area contributed by atoms with Crippen LogP contribution in [-0.4, -0.2) is 0 Å². The number of hydrogen-bond acceptors (Lipinski definition) is 5. The minimum atomic E-state index is -0.188. The number of nitrogens with zero attached hydrogens (tertiary/aromatic N) is 2. The molecule has 3 heterocycles. The summed E-state index contributed by atoms with van der Waals surface area (Å²) in [4.78, 5) is 4.69. The third kappa shape index (κ3) is 14.6. The van der Waals surface area contributed by atoms with Gasteiger partial charge in [-0.05, 0) is 234 Å². The lowest BCUT2D eigenvalue weighted by atomic mass is 9.75. The fraction of sp³-hybridized carbons (Fsp3) is 0.0769. The Kier molecular flexibility index (Phi) is 19.7. The maximum atomic E-state index is 6.39. The van der Waals surface area contributed by atoms with Gasteiger partial charge in [0, 0.05) is 83.7 Å². The molecule has 0 saturated heterocycles. The predicted octanol–water partition coefficient (Wildman–Crippen LogP) is 32.6. The van der Waals surface area contributed by atoms with E-state index in [2.05, 4.69) is 470 Å². The molecule has 3 aliphatic rings. The number of benzene rings is 18. The first kappa shape index (κ1) is 75.7. The number of anilines is 6. The van der Waals surface area contributed by atoms with Crippen LogP contribution in [0.3, 0.4) is 0 Å². The van der Waals surface area contributed by atoms with E-state index in [1.807, 2.05) is 18.2 Å². The standard InChI is InChI=1S/C60H47NO2.C57H43NO/c1-59(2)51-17-8-10-19-55(51)62-57-35-27-46(38-53(57)59)42-23-31-49(32-24-42)61(48-29-21-41(22-30-48)45-16-12-15-44(37-45)40-13-6-5-7-14-40)50-33-25-43(26-34-50)47-28-36-58-54(39-47)60(3,4)52-18-9-11-20-56(52)63-58;1-57(2)53-15-9-10-16-55(53)59-56-38-31-49(39-54(56)57)48-29-36-52(37-30-48)58(50-32-25-46(26-33-50)44-21-17-42(18-22-44)40-11-5-3-6-12-40)51-34-27-47(28-35-51)45-23-19-43(20-24-45)41-13-7-4-8-14-41/h5-39H,1-4H3;3-39H,1-2H3. The number of fused-ring (bicyclic) bond motifs is 6. The van der Waals surface area contributed by atoms with Crippen molar-refractivity contribution >= 4 is 34.1 Å². The molecule has 21 rings (SSSR count). The summed E-state index contributed by atoms with van der Waals surface area (Å²) in [5.41, 5.74) is 34.5. The molecule has 0 aromatic heterocycles. The minimum Gasteiger partial charge on any atom is -0.457 e. The molecule has 0 amide bonds. The van der Waals surface area contributed by atoms with Crippen molar-refractivity contribution in [1.29, 1.82) is 0 Å². The van der Waals surface area contributed by atoms with Crippen molar-refractivity contribution in [3.63, 3.8) is 0 Å². The molecule has 122 heavy (non-hydrogen) atoms. The van der Waals surface area contributed by atoms with Crippen molar-refractivity contribution in [2.45, 2.75) is 57.8 Å². The highest BCUT2D eigenvalue weighted by Gasteiger charge is 2.37. The highest BCUT2D eigenvalue weighted by molar-refractivity contribution is 5.86. The van der Waals surface area contributed by atoms with Crippen LogP contribution in [0.5, 0.6) is 34.5 Å². The summed E-state index contributed by atoms with van der Waals surface area (Å²) in [6, 6.07) is 157. The van der Waals surface area contributed by atoms with Crippen molar-refractivity contribution < 1.29 is 14.2 Å². The van der Waals surface area contributed by atoms with Gasteiger partial charge in [0.25, 0.3) is 0 Å². The van der Waals surface area contributed by atoms with E-state index < -0.39 is 0 Å². The van der Waals surface area contributed by atoms with Crippen LogP contribution in [0.2, 0.25) is 0 Å². The minimum absolute atomic E-state index is 0.177. The number of hydrogen-bond donors (Lipinski definition) is 0. The monoisotopic (exact) mass is 1570 g/mol. The maximum Gasteiger partial charge on any atom is 0.131 e. The van der Waals surface area contributed by atoms with Gasteiger partial charge in [0.15, 0.2) is 0 Å². The molecular weight excluding hydrogens is 1480 g/mol.